The van der Waals surface area contributed by atoms with Gasteiger partial charge in [0, 0.05) is 6.04 Å². The fourth-order valence-corrected chi connectivity index (χ4v) is 3.75. The molecule has 17 heavy (non-hydrogen) atoms. The second-order valence-electron chi connectivity index (χ2n) is 7.31. The van der Waals surface area contributed by atoms with Gasteiger partial charge in [0.15, 0.2) is 0 Å². The Labute approximate surface area is 107 Å². The van der Waals surface area contributed by atoms with Crippen molar-refractivity contribution in [3.05, 3.63) is 0 Å². The summed E-state index contributed by atoms with van der Waals surface area (Å²) in [5, 5.41) is 3.85. The summed E-state index contributed by atoms with van der Waals surface area (Å²) < 4.78 is 0. The van der Waals surface area contributed by atoms with Crippen LogP contribution in [0.25, 0.3) is 0 Å². The van der Waals surface area contributed by atoms with Crippen LogP contribution < -0.4 is 5.32 Å². The maximum absolute atomic E-state index is 3.85. The van der Waals surface area contributed by atoms with Crippen LogP contribution in [0.4, 0.5) is 0 Å². The van der Waals surface area contributed by atoms with Crippen LogP contribution >= 0.6 is 0 Å². The van der Waals surface area contributed by atoms with E-state index >= 15 is 0 Å². The van der Waals surface area contributed by atoms with E-state index in [1.165, 1.54) is 45.3 Å². The second-order valence-corrected chi connectivity index (χ2v) is 7.31. The zero-order valence-electron chi connectivity index (χ0n) is 12.1. The standard InChI is InChI=1S/C15H30N2/c1-12-9-15(2,3)10-14(12)16-11-13-5-7-17(4)8-6-13/h12-14,16H,5-11H2,1-4H3. The van der Waals surface area contributed by atoms with E-state index < -0.39 is 0 Å². The normalized spacial score (nSPS) is 35.3. The van der Waals surface area contributed by atoms with Gasteiger partial charge in [0.05, 0.1) is 0 Å². The van der Waals surface area contributed by atoms with Gasteiger partial charge in [0.1, 0.15) is 0 Å². The maximum Gasteiger partial charge on any atom is 0.00980 e. The Balaban J connectivity index is 1.72. The predicted molar refractivity (Wildman–Crippen MR) is 74.2 cm³/mol. The van der Waals surface area contributed by atoms with Crippen LogP contribution in [0.15, 0.2) is 0 Å². The zero-order chi connectivity index (χ0) is 12.5. The highest BCUT2D eigenvalue weighted by Crippen LogP contribution is 2.40. The molecule has 1 N–H and O–H groups in total. The minimum absolute atomic E-state index is 0.559. The molecular weight excluding hydrogens is 208 g/mol. The molecule has 0 aromatic carbocycles. The molecule has 1 aliphatic heterocycles. The quantitative estimate of drug-likeness (QED) is 0.813. The van der Waals surface area contributed by atoms with Gasteiger partial charge in [-0.1, -0.05) is 20.8 Å². The average Bonchev–Trinajstić information content (AvgIpc) is 2.51. The molecule has 0 bridgehead atoms. The third-order valence-electron chi connectivity index (χ3n) is 4.84. The van der Waals surface area contributed by atoms with Crippen LogP contribution in [0, 0.1) is 17.3 Å². The molecule has 2 atom stereocenters. The molecule has 2 rings (SSSR count). The zero-order valence-corrected chi connectivity index (χ0v) is 12.1. The molecule has 0 radical (unpaired) electrons. The Hall–Kier alpha value is -0.0800. The molecule has 0 amide bonds. The van der Waals surface area contributed by atoms with Crippen molar-refractivity contribution in [1.82, 2.24) is 10.2 Å². The molecule has 1 saturated carbocycles. The molecule has 2 unspecified atom stereocenters. The van der Waals surface area contributed by atoms with Crippen LogP contribution in [-0.4, -0.2) is 37.6 Å². The van der Waals surface area contributed by atoms with Crippen LogP contribution in [-0.2, 0) is 0 Å². The second kappa shape index (κ2) is 5.27. The van der Waals surface area contributed by atoms with Crippen molar-refractivity contribution >= 4 is 0 Å². The van der Waals surface area contributed by atoms with Gasteiger partial charge in [0.25, 0.3) is 0 Å². The Bertz CT molecular complexity index is 241. The first-order valence-electron chi connectivity index (χ1n) is 7.38. The van der Waals surface area contributed by atoms with Gasteiger partial charge in [-0.2, -0.15) is 0 Å². The molecule has 2 aliphatic rings. The van der Waals surface area contributed by atoms with Gasteiger partial charge < -0.3 is 10.2 Å². The summed E-state index contributed by atoms with van der Waals surface area (Å²) in [4.78, 5) is 2.46. The number of hydrogen-bond donors (Lipinski definition) is 1. The van der Waals surface area contributed by atoms with E-state index in [0.29, 0.717) is 5.41 Å². The summed E-state index contributed by atoms with van der Waals surface area (Å²) in [5.41, 5.74) is 0.559. The molecule has 0 aromatic rings. The fraction of sp³-hybridized carbons (Fsp3) is 1.00. The first-order valence-corrected chi connectivity index (χ1v) is 7.38. The smallest absolute Gasteiger partial charge is 0.00980 e. The van der Waals surface area contributed by atoms with Gasteiger partial charge in [-0.25, -0.2) is 0 Å². The topological polar surface area (TPSA) is 15.3 Å². The van der Waals surface area contributed by atoms with Gasteiger partial charge in [0.2, 0.25) is 0 Å². The summed E-state index contributed by atoms with van der Waals surface area (Å²) in [6.07, 6.45) is 5.51. The Morgan fingerprint density at radius 1 is 1.18 bits per heavy atom. The largest absolute Gasteiger partial charge is 0.313 e. The van der Waals surface area contributed by atoms with E-state index in [1.807, 2.05) is 0 Å². The first-order chi connectivity index (χ1) is 7.96. The van der Waals surface area contributed by atoms with Crippen LogP contribution in [0.3, 0.4) is 0 Å². The monoisotopic (exact) mass is 238 g/mol. The molecule has 1 saturated heterocycles. The molecular formula is C15H30N2. The summed E-state index contributed by atoms with van der Waals surface area (Å²) in [7, 11) is 2.24. The first kappa shape index (κ1) is 13.4. The van der Waals surface area contributed by atoms with Crippen molar-refractivity contribution in [3.63, 3.8) is 0 Å². The number of rotatable bonds is 3. The predicted octanol–water partition coefficient (Wildman–Crippen LogP) is 2.74. The van der Waals surface area contributed by atoms with Gasteiger partial charge in [-0.15, -0.1) is 0 Å². The lowest BCUT2D eigenvalue weighted by Gasteiger charge is -2.30. The van der Waals surface area contributed by atoms with E-state index in [0.717, 1.165) is 17.9 Å². The van der Waals surface area contributed by atoms with E-state index in [1.54, 1.807) is 0 Å². The third-order valence-corrected chi connectivity index (χ3v) is 4.84. The number of likely N-dealkylation sites (tertiary alicyclic amines) is 1. The van der Waals surface area contributed by atoms with Crippen LogP contribution in [0.1, 0.15) is 46.5 Å². The highest BCUT2D eigenvalue weighted by molar-refractivity contribution is 4.91. The van der Waals surface area contributed by atoms with Crippen molar-refractivity contribution in [2.45, 2.75) is 52.5 Å². The minimum Gasteiger partial charge on any atom is -0.313 e. The molecule has 1 heterocycles. The summed E-state index contributed by atoms with van der Waals surface area (Å²) in [5.74, 6) is 1.78. The van der Waals surface area contributed by atoms with Gasteiger partial charge in [-0.3, -0.25) is 0 Å². The summed E-state index contributed by atoms with van der Waals surface area (Å²) in [6, 6.07) is 0.768. The summed E-state index contributed by atoms with van der Waals surface area (Å²) >= 11 is 0. The van der Waals surface area contributed by atoms with E-state index in [9.17, 15) is 0 Å². The van der Waals surface area contributed by atoms with Crippen LogP contribution in [0.5, 0.6) is 0 Å². The lowest BCUT2D eigenvalue weighted by molar-refractivity contribution is 0.209. The van der Waals surface area contributed by atoms with Crippen molar-refractivity contribution < 1.29 is 0 Å². The van der Waals surface area contributed by atoms with Crippen molar-refractivity contribution in [1.29, 1.82) is 0 Å². The lowest BCUT2D eigenvalue weighted by atomic mass is 9.91. The highest BCUT2D eigenvalue weighted by atomic mass is 15.1. The van der Waals surface area contributed by atoms with Crippen molar-refractivity contribution in [3.8, 4) is 0 Å². The summed E-state index contributed by atoms with van der Waals surface area (Å²) in [6.45, 7) is 11.1. The van der Waals surface area contributed by atoms with E-state index in [-0.39, 0.29) is 0 Å². The fourth-order valence-electron chi connectivity index (χ4n) is 3.75. The Morgan fingerprint density at radius 3 is 2.35 bits per heavy atom. The number of nitrogens with zero attached hydrogens (tertiary/aromatic N) is 1. The highest BCUT2D eigenvalue weighted by Gasteiger charge is 2.36. The molecule has 2 heteroatoms. The molecule has 0 spiro atoms. The van der Waals surface area contributed by atoms with Crippen molar-refractivity contribution in [2.24, 2.45) is 17.3 Å². The lowest BCUT2D eigenvalue weighted by Crippen LogP contribution is -2.39. The molecule has 100 valence electrons. The maximum atomic E-state index is 3.85. The molecule has 2 fully saturated rings. The third kappa shape index (κ3) is 3.69. The molecule has 1 aliphatic carbocycles. The van der Waals surface area contributed by atoms with Crippen LogP contribution in [0.2, 0.25) is 0 Å². The van der Waals surface area contributed by atoms with E-state index in [4.69, 9.17) is 0 Å². The SMILES string of the molecule is CC1CC(C)(C)CC1NCC1CCN(C)CC1. The average molecular weight is 238 g/mol. The number of hydrogen-bond acceptors (Lipinski definition) is 2. The Morgan fingerprint density at radius 2 is 1.82 bits per heavy atom. The Kier molecular flexibility index (Phi) is 4.14. The molecule has 0 aromatic heterocycles. The number of piperidine rings is 1. The van der Waals surface area contributed by atoms with Gasteiger partial charge in [-0.05, 0) is 69.6 Å². The minimum atomic E-state index is 0.559. The number of nitrogens with one attached hydrogen (secondary N) is 1. The molecule has 2 nitrogen and oxygen atoms in total. The van der Waals surface area contributed by atoms with Gasteiger partial charge >= 0.3 is 0 Å². The van der Waals surface area contributed by atoms with Crippen molar-refractivity contribution in [2.75, 3.05) is 26.7 Å². The van der Waals surface area contributed by atoms with E-state index in [2.05, 4.69) is 38.0 Å².